The summed E-state index contributed by atoms with van der Waals surface area (Å²) in [5.41, 5.74) is 0.820. The summed E-state index contributed by atoms with van der Waals surface area (Å²) in [6, 6.07) is 1.79. The molecule has 0 unspecified atom stereocenters. The van der Waals surface area contributed by atoms with E-state index in [1.165, 1.54) is 12.5 Å². The van der Waals surface area contributed by atoms with Gasteiger partial charge in [-0.05, 0) is 18.9 Å². The summed E-state index contributed by atoms with van der Waals surface area (Å²) in [4.78, 5) is 13.8. The van der Waals surface area contributed by atoms with Crippen LogP contribution in [0.4, 0.5) is 13.2 Å². The van der Waals surface area contributed by atoms with Gasteiger partial charge in [0.05, 0.1) is 18.9 Å². The summed E-state index contributed by atoms with van der Waals surface area (Å²) in [6.45, 7) is 0.331. The van der Waals surface area contributed by atoms with Gasteiger partial charge in [0.1, 0.15) is 0 Å². The minimum atomic E-state index is -4.29. The van der Waals surface area contributed by atoms with Gasteiger partial charge in [-0.15, -0.1) is 0 Å². The Bertz CT molecular complexity index is 436. The van der Waals surface area contributed by atoms with E-state index in [0.717, 1.165) is 37.7 Å². The maximum Gasteiger partial charge on any atom is 0.389 e. The Morgan fingerprint density at radius 2 is 2.00 bits per heavy atom. The Morgan fingerprint density at radius 3 is 2.57 bits per heavy atom. The van der Waals surface area contributed by atoms with Crippen molar-refractivity contribution in [1.29, 1.82) is 0 Å². The number of halogens is 3. The van der Waals surface area contributed by atoms with Gasteiger partial charge in [0, 0.05) is 24.6 Å². The van der Waals surface area contributed by atoms with Gasteiger partial charge in [-0.1, -0.05) is 19.3 Å². The largest absolute Gasteiger partial charge is 0.472 e. The van der Waals surface area contributed by atoms with Crippen LogP contribution in [-0.2, 0) is 11.3 Å². The molecule has 1 aromatic heterocycles. The Hall–Kier alpha value is -1.46. The van der Waals surface area contributed by atoms with Crippen molar-refractivity contribution < 1.29 is 22.4 Å². The molecule has 1 aromatic rings. The standard InChI is InChI=1S/C15H20F3NO2/c16-15(17,18)8-6-14(20)19(10-12-7-9-21-11-12)13-4-2-1-3-5-13/h7,9,11,13H,1-6,8,10H2. The zero-order chi connectivity index (χ0) is 15.3. The molecule has 0 saturated heterocycles. The minimum Gasteiger partial charge on any atom is -0.472 e. The van der Waals surface area contributed by atoms with Crippen molar-refractivity contribution in [1.82, 2.24) is 4.90 Å². The first kappa shape index (κ1) is 15.9. The number of hydrogen-bond acceptors (Lipinski definition) is 2. The highest BCUT2D eigenvalue weighted by Gasteiger charge is 2.31. The summed E-state index contributed by atoms with van der Waals surface area (Å²) >= 11 is 0. The van der Waals surface area contributed by atoms with Gasteiger partial charge in [0.25, 0.3) is 0 Å². The second-order valence-electron chi connectivity index (χ2n) is 5.56. The molecule has 0 bridgehead atoms. The van der Waals surface area contributed by atoms with Gasteiger partial charge < -0.3 is 9.32 Å². The van der Waals surface area contributed by atoms with Crippen LogP contribution in [0.25, 0.3) is 0 Å². The molecule has 1 heterocycles. The van der Waals surface area contributed by atoms with Crippen molar-refractivity contribution >= 4 is 5.91 Å². The Morgan fingerprint density at radius 1 is 1.29 bits per heavy atom. The summed E-state index contributed by atoms with van der Waals surface area (Å²) in [7, 11) is 0. The van der Waals surface area contributed by atoms with Crippen molar-refractivity contribution in [3.05, 3.63) is 24.2 Å². The number of amides is 1. The molecule has 2 rings (SSSR count). The average molecular weight is 303 g/mol. The lowest BCUT2D eigenvalue weighted by molar-refractivity contribution is -0.151. The lowest BCUT2D eigenvalue weighted by Gasteiger charge is -2.34. The molecule has 1 saturated carbocycles. The smallest absolute Gasteiger partial charge is 0.389 e. The van der Waals surface area contributed by atoms with Crippen LogP contribution in [0.2, 0.25) is 0 Å². The molecule has 0 N–H and O–H groups in total. The molecule has 0 radical (unpaired) electrons. The SMILES string of the molecule is O=C(CCC(F)(F)F)N(Cc1ccoc1)C1CCCCC1. The van der Waals surface area contributed by atoms with Gasteiger partial charge in [-0.3, -0.25) is 4.79 Å². The predicted molar refractivity (Wildman–Crippen MR) is 71.4 cm³/mol. The number of rotatable bonds is 5. The van der Waals surface area contributed by atoms with Crippen LogP contribution in [0.1, 0.15) is 50.5 Å². The molecule has 0 aliphatic heterocycles. The number of nitrogens with zero attached hydrogens (tertiary/aromatic N) is 1. The molecule has 0 aromatic carbocycles. The first-order valence-corrected chi connectivity index (χ1v) is 7.33. The Kier molecular flexibility index (Phi) is 5.31. The molecule has 1 fully saturated rings. The van der Waals surface area contributed by atoms with Crippen LogP contribution >= 0.6 is 0 Å². The van der Waals surface area contributed by atoms with Gasteiger partial charge in [-0.25, -0.2) is 0 Å². The Labute approximate surface area is 122 Å². The van der Waals surface area contributed by atoms with Crippen molar-refractivity contribution in [2.45, 2.75) is 63.7 Å². The highest BCUT2D eigenvalue weighted by atomic mass is 19.4. The zero-order valence-electron chi connectivity index (χ0n) is 11.9. The molecule has 21 heavy (non-hydrogen) atoms. The van der Waals surface area contributed by atoms with E-state index < -0.39 is 24.9 Å². The summed E-state index contributed by atoms with van der Waals surface area (Å²) in [5, 5.41) is 0. The highest BCUT2D eigenvalue weighted by Crippen LogP contribution is 2.27. The van der Waals surface area contributed by atoms with E-state index in [9.17, 15) is 18.0 Å². The molecule has 0 atom stereocenters. The molecule has 1 aliphatic carbocycles. The first-order chi connectivity index (χ1) is 9.96. The molecule has 0 spiro atoms. The fraction of sp³-hybridized carbons (Fsp3) is 0.667. The number of carbonyl (C=O) groups is 1. The summed E-state index contributed by atoms with van der Waals surface area (Å²) in [6.07, 6.45) is 2.15. The van der Waals surface area contributed by atoms with Gasteiger partial charge in [-0.2, -0.15) is 13.2 Å². The number of alkyl halides is 3. The van der Waals surface area contributed by atoms with E-state index >= 15 is 0 Å². The lowest BCUT2D eigenvalue weighted by Crippen LogP contribution is -2.41. The molecule has 1 aliphatic rings. The maximum absolute atomic E-state index is 12.3. The van der Waals surface area contributed by atoms with Gasteiger partial charge in [0.15, 0.2) is 0 Å². The fourth-order valence-corrected chi connectivity index (χ4v) is 2.79. The second-order valence-corrected chi connectivity index (χ2v) is 5.56. The lowest BCUT2D eigenvalue weighted by atomic mass is 9.93. The maximum atomic E-state index is 12.3. The van der Waals surface area contributed by atoms with E-state index in [2.05, 4.69) is 0 Å². The molecule has 6 heteroatoms. The normalized spacial score (nSPS) is 16.9. The quantitative estimate of drug-likeness (QED) is 0.813. The fourth-order valence-electron chi connectivity index (χ4n) is 2.79. The van der Waals surface area contributed by atoms with Crippen molar-refractivity contribution in [2.75, 3.05) is 0 Å². The van der Waals surface area contributed by atoms with Gasteiger partial charge >= 0.3 is 6.18 Å². The van der Waals surface area contributed by atoms with E-state index in [0.29, 0.717) is 6.54 Å². The number of carbonyl (C=O) groups excluding carboxylic acids is 1. The number of hydrogen-bond donors (Lipinski definition) is 0. The highest BCUT2D eigenvalue weighted by molar-refractivity contribution is 5.76. The monoisotopic (exact) mass is 303 g/mol. The second kappa shape index (κ2) is 7.00. The van der Waals surface area contributed by atoms with E-state index in [1.54, 1.807) is 11.0 Å². The first-order valence-electron chi connectivity index (χ1n) is 7.33. The molecule has 1 amide bonds. The van der Waals surface area contributed by atoms with E-state index in [1.807, 2.05) is 0 Å². The van der Waals surface area contributed by atoms with Crippen molar-refractivity contribution in [3.8, 4) is 0 Å². The summed E-state index contributed by atoms with van der Waals surface area (Å²) in [5.74, 6) is -0.416. The Balaban J connectivity index is 2.01. The molecular weight excluding hydrogens is 283 g/mol. The van der Waals surface area contributed by atoms with Crippen molar-refractivity contribution in [3.63, 3.8) is 0 Å². The molecular formula is C15H20F3NO2. The predicted octanol–water partition coefficient (Wildman–Crippen LogP) is 4.28. The van der Waals surface area contributed by atoms with Crippen LogP contribution in [0.15, 0.2) is 23.0 Å². The van der Waals surface area contributed by atoms with Crippen LogP contribution in [0, 0.1) is 0 Å². The van der Waals surface area contributed by atoms with Crippen LogP contribution < -0.4 is 0 Å². The van der Waals surface area contributed by atoms with Crippen LogP contribution in [-0.4, -0.2) is 23.0 Å². The van der Waals surface area contributed by atoms with E-state index in [4.69, 9.17) is 4.42 Å². The molecule has 118 valence electrons. The third kappa shape index (κ3) is 5.10. The molecule has 3 nitrogen and oxygen atoms in total. The van der Waals surface area contributed by atoms with E-state index in [-0.39, 0.29) is 6.04 Å². The van der Waals surface area contributed by atoms with Crippen molar-refractivity contribution in [2.24, 2.45) is 0 Å². The van der Waals surface area contributed by atoms with Crippen LogP contribution in [0.3, 0.4) is 0 Å². The third-order valence-electron chi connectivity index (χ3n) is 3.89. The van der Waals surface area contributed by atoms with Gasteiger partial charge in [0.2, 0.25) is 5.91 Å². The summed E-state index contributed by atoms with van der Waals surface area (Å²) < 4.78 is 41.9. The van der Waals surface area contributed by atoms with Crippen LogP contribution in [0.5, 0.6) is 0 Å². The topological polar surface area (TPSA) is 33.5 Å². The minimum absolute atomic E-state index is 0.0504. The number of furan rings is 1. The third-order valence-corrected chi connectivity index (χ3v) is 3.89. The average Bonchev–Trinajstić information content (AvgIpc) is 2.95. The zero-order valence-corrected chi connectivity index (χ0v) is 11.9.